The molecule has 2 saturated heterocycles. The molecular formula is C19H15ClN2O2S2. The summed E-state index contributed by atoms with van der Waals surface area (Å²) in [7, 11) is 0. The predicted octanol–water partition coefficient (Wildman–Crippen LogP) is 3.95. The molecule has 1 amide bonds. The predicted molar refractivity (Wildman–Crippen MR) is 108 cm³/mol. The fourth-order valence-corrected chi connectivity index (χ4v) is 5.75. The number of nitrogens with zero attached hydrogens (tertiary/aromatic N) is 2. The third kappa shape index (κ3) is 3.29. The van der Waals surface area contributed by atoms with Crippen LogP contribution in [0.3, 0.4) is 0 Å². The third-order valence-corrected chi connectivity index (χ3v) is 7.25. The summed E-state index contributed by atoms with van der Waals surface area (Å²) in [5.41, 5.74) is 1.79. The number of Topliss-reactive ketones (excluding diaryl/α,β-unsaturated/α-hetero) is 1. The highest BCUT2D eigenvalue weighted by Crippen LogP contribution is 2.43. The van der Waals surface area contributed by atoms with Gasteiger partial charge in [0.1, 0.15) is 11.6 Å². The number of pyridine rings is 1. The number of anilines is 1. The molecule has 0 radical (unpaired) electrons. The third-order valence-electron chi connectivity index (χ3n) is 4.28. The number of amides is 1. The van der Waals surface area contributed by atoms with Crippen molar-refractivity contribution in [3.63, 3.8) is 0 Å². The molecular weight excluding hydrogens is 388 g/mol. The molecule has 0 spiro atoms. The minimum absolute atomic E-state index is 0.118. The Hall–Kier alpha value is -1.76. The van der Waals surface area contributed by atoms with Gasteiger partial charge in [0.2, 0.25) is 0 Å². The van der Waals surface area contributed by atoms with Crippen LogP contribution in [-0.4, -0.2) is 34.2 Å². The van der Waals surface area contributed by atoms with Crippen molar-refractivity contribution in [1.29, 1.82) is 0 Å². The van der Waals surface area contributed by atoms with E-state index in [2.05, 4.69) is 4.98 Å². The van der Waals surface area contributed by atoms with E-state index < -0.39 is 6.04 Å². The van der Waals surface area contributed by atoms with Gasteiger partial charge < -0.3 is 0 Å². The highest BCUT2D eigenvalue weighted by atomic mass is 35.5. The Morgan fingerprint density at radius 2 is 1.81 bits per heavy atom. The van der Waals surface area contributed by atoms with Crippen LogP contribution in [0.5, 0.6) is 0 Å². The lowest BCUT2D eigenvalue weighted by atomic mass is 10.0. The lowest BCUT2D eigenvalue weighted by molar-refractivity contribution is -0.116. The van der Waals surface area contributed by atoms with Crippen LogP contribution in [0.4, 0.5) is 5.69 Å². The normalized spacial score (nSPS) is 20.3. The van der Waals surface area contributed by atoms with Crippen LogP contribution in [0.15, 0.2) is 58.5 Å². The van der Waals surface area contributed by atoms with Crippen molar-refractivity contribution in [2.24, 2.45) is 0 Å². The Morgan fingerprint density at radius 3 is 2.46 bits per heavy atom. The van der Waals surface area contributed by atoms with E-state index >= 15 is 0 Å². The highest BCUT2D eigenvalue weighted by Gasteiger charge is 2.46. The van der Waals surface area contributed by atoms with Gasteiger partial charge in [0.05, 0.1) is 4.24 Å². The Balaban J connectivity index is 1.76. The van der Waals surface area contributed by atoms with Gasteiger partial charge >= 0.3 is 0 Å². The fraction of sp³-hybridized carbons (Fsp3) is 0.211. The molecule has 26 heavy (non-hydrogen) atoms. The number of carbonyl (C=O) groups excluding carboxylic acids is 2. The lowest BCUT2D eigenvalue weighted by Crippen LogP contribution is -2.37. The maximum absolute atomic E-state index is 13.2. The van der Waals surface area contributed by atoms with Crippen LogP contribution in [-0.2, 0) is 16.0 Å². The first-order chi connectivity index (χ1) is 12.6. The number of aromatic nitrogens is 1. The van der Waals surface area contributed by atoms with Crippen LogP contribution in [0, 0.1) is 0 Å². The van der Waals surface area contributed by atoms with E-state index in [-0.39, 0.29) is 11.7 Å². The Morgan fingerprint density at radius 1 is 1.08 bits per heavy atom. The van der Waals surface area contributed by atoms with Crippen LogP contribution in [0.25, 0.3) is 0 Å². The second kappa shape index (κ2) is 7.47. The highest BCUT2D eigenvalue weighted by molar-refractivity contribution is 8.25. The van der Waals surface area contributed by atoms with Crippen molar-refractivity contribution < 1.29 is 9.59 Å². The molecule has 2 fully saturated rings. The number of ketones is 1. The second-order valence-corrected chi connectivity index (χ2v) is 8.82. The van der Waals surface area contributed by atoms with E-state index in [9.17, 15) is 9.59 Å². The van der Waals surface area contributed by atoms with Gasteiger partial charge in [-0.25, -0.2) is 0 Å². The number of hydrogen-bond acceptors (Lipinski definition) is 5. The number of hydrogen-bond donors (Lipinski definition) is 0. The van der Waals surface area contributed by atoms with E-state index in [0.29, 0.717) is 22.7 Å². The summed E-state index contributed by atoms with van der Waals surface area (Å²) in [5, 5.41) is 0.591. The number of halogens is 1. The van der Waals surface area contributed by atoms with Crippen molar-refractivity contribution in [1.82, 2.24) is 4.98 Å². The smallest absolute Gasteiger partial charge is 0.264 e. The summed E-state index contributed by atoms with van der Waals surface area (Å²) in [6, 6.07) is 12.0. The minimum Gasteiger partial charge on any atom is -0.297 e. The van der Waals surface area contributed by atoms with E-state index in [0.717, 1.165) is 21.4 Å². The topological polar surface area (TPSA) is 50.3 Å². The van der Waals surface area contributed by atoms with Crippen LogP contribution in [0.2, 0.25) is 5.02 Å². The first-order valence-corrected chi connectivity index (χ1v) is 10.5. The quantitative estimate of drug-likeness (QED) is 0.574. The molecule has 3 heterocycles. The zero-order valence-electron chi connectivity index (χ0n) is 13.7. The van der Waals surface area contributed by atoms with Gasteiger partial charge in [-0.05, 0) is 36.4 Å². The van der Waals surface area contributed by atoms with Gasteiger partial charge in [0.15, 0.2) is 5.78 Å². The average Bonchev–Trinajstić information content (AvgIpc) is 3.25. The van der Waals surface area contributed by atoms with Gasteiger partial charge in [0.25, 0.3) is 5.91 Å². The molecule has 2 aromatic rings. The van der Waals surface area contributed by atoms with Crippen LogP contribution in [0.1, 0.15) is 5.69 Å². The van der Waals surface area contributed by atoms with Crippen molar-refractivity contribution in [3.05, 3.63) is 69.2 Å². The maximum atomic E-state index is 13.2. The Kier molecular flexibility index (Phi) is 5.07. The van der Waals surface area contributed by atoms with E-state index in [1.165, 1.54) is 0 Å². The molecule has 0 N–H and O–H groups in total. The molecule has 1 aromatic heterocycles. The van der Waals surface area contributed by atoms with E-state index in [1.54, 1.807) is 58.9 Å². The summed E-state index contributed by atoms with van der Waals surface area (Å²) in [4.78, 5) is 32.2. The lowest BCUT2D eigenvalue weighted by Gasteiger charge is -2.23. The standard InChI is InChI=1S/C19H15ClN2O2S2/c20-12-4-6-14(7-5-12)22-15(11-13-3-1-2-8-21-13)17(23)16(18(22)24)19-25-9-10-26-19/h1-8,15H,9-11H2. The first kappa shape index (κ1) is 17.6. The van der Waals surface area contributed by atoms with Gasteiger partial charge in [-0.15, -0.1) is 23.5 Å². The summed E-state index contributed by atoms with van der Waals surface area (Å²) in [6.45, 7) is 0. The fourth-order valence-electron chi connectivity index (χ4n) is 3.09. The minimum atomic E-state index is -0.581. The number of rotatable bonds is 3. The molecule has 2 aliphatic heterocycles. The van der Waals surface area contributed by atoms with Gasteiger partial charge in [-0.1, -0.05) is 17.7 Å². The van der Waals surface area contributed by atoms with Crippen molar-refractivity contribution in [2.45, 2.75) is 12.5 Å². The SMILES string of the molecule is O=C1C(=C2SCCS2)C(=O)N(c2ccc(Cl)cc2)C1Cc1ccccn1. The average molecular weight is 403 g/mol. The van der Waals surface area contributed by atoms with Gasteiger partial charge in [-0.2, -0.15) is 0 Å². The van der Waals surface area contributed by atoms with Crippen LogP contribution >= 0.6 is 35.1 Å². The molecule has 2 aliphatic rings. The first-order valence-electron chi connectivity index (χ1n) is 8.18. The molecule has 4 rings (SSSR count). The van der Waals surface area contributed by atoms with Gasteiger partial charge in [0, 0.05) is 40.5 Å². The molecule has 1 unspecified atom stereocenters. The summed E-state index contributed by atoms with van der Waals surface area (Å²) in [5.74, 6) is 1.51. The molecule has 0 bridgehead atoms. The van der Waals surface area contributed by atoms with Gasteiger partial charge in [-0.3, -0.25) is 19.5 Å². The second-order valence-electron chi connectivity index (χ2n) is 5.92. The van der Waals surface area contributed by atoms with Crippen molar-refractivity contribution in [2.75, 3.05) is 16.4 Å². The largest absolute Gasteiger partial charge is 0.297 e. The molecule has 1 atom stereocenters. The van der Waals surface area contributed by atoms with Crippen molar-refractivity contribution >= 4 is 52.5 Å². The zero-order valence-corrected chi connectivity index (χ0v) is 16.1. The molecule has 132 valence electrons. The molecule has 7 heteroatoms. The number of thioether (sulfide) groups is 2. The van der Waals surface area contributed by atoms with E-state index in [1.807, 2.05) is 18.2 Å². The summed E-state index contributed by atoms with van der Waals surface area (Å²) in [6.07, 6.45) is 2.09. The maximum Gasteiger partial charge on any atom is 0.264 e. The monoisotopic (exact) mass is 402 g/mol. The molecule has 0 saturated carbocycles. The number of carbonyl (C=O) groups is 2. The zero-order chi connectivity index (χ0) is 18.1. The summed E-state index contributed by atoms with van der Waals surface area (Å²) < 4.78 is 0.850. The summed E-state index contributed by atoms with van der Waals surface area (Å²) >= 11 is 9.17. The number of benzene rings is 1. The van der Waals surface area contributed by atoms with E-state index in [4.69, 9.17) is 11.6 Å². The van der Waals surface area contributed by atoms with Crippen LogP contribution < -0.4 is 4.90 Å². The molecule has 4 nitrogen and oxygen atoms in total. The molecule has 1 aromatic carbocycles. The Bertz CT molecular complexity index is 876. The molecule has 0 aliphatic carbocycles. The van der Waals surface area contributed by atoms with Crippen molar-refractivity contribution in [3.8, 4) is 0 Å². The Labute approximate surface area is 165 Å².